The Morgan fingerprint density at radius 3 is 2.27 bits per heavy atom. The number of benzene rings is 1. The van der Waals surface area contributed by atoms with E-state index in [-0.39, 0.29) is 23.4 Å². The van der Waals surface area contributed by atoms with Crippen molar-refractivity contribution in [2.45, 2.75) is 19.0 Å². The number of hydrogen-bond donors (Lipinski definition) is 2. The van der Waals surface area contributed by atoms with Gasteiger partial charge < -0.3 is 11.5 Å². The highest BCUT2D eigenvalue weighted by atomic mass is 19.4. The van der Waals surface area contributed by atoms with Crippen molar-refractivity contribution in [2.75, 3.05) is 11.5 Å². The highest BCUT2D eigenvalue weighted by molar-refractivity contribution is 5.67. The molecule has 2 nitrogen and oxygen atoms in total. The van der Waals surface area contributed by atoms with Crippen LogP contribution in [0.1, 0.15) is 12.0 Å². The molecule has 0 aliphatic carbocycles. The normalized spacial score (nSPS) is 11.7. The van der Waals surface area contributed by atoms with Crippen LogP contribution < -0.4 is 11.5 Å². The summed E-state index contributed by atoms with van der Waals surface area (Å²) in [6.45, 7) is 0. The molecule has 6 heteroatoms. The highest BCUT2D eigenvalue weighted by Crippen LogP contribution is 2.27. The van der Waals surface area contributed by atoms with Gasteiger partial charge in [-0.1, -0.05) is 0 Å². The molecule has 0 aliphatic heterocycles. The fourth-order valence-electron chi connectivity index (χ4n) is 1.18. The molecule has 0 amide bonds. The minimum Gasteiger partial charge on any atom is -0.397 e. The quantitative estimate of drug-likeness (QED) is 0.596. The second kappa shape index (κ2) is 3.96. The third-order valence-electron chi connectivity index (χ3n) is 1.94. The maximum Gasteiger partial charge on any atom is 0.389 e. The van der Waals surface area contributed by atoms with Gasteiger partial charge in [0.05, 0.1) is 11.4 Å². The summed E-state index contributed by atoms with van der Waals surface area (Å²) in [5, 5.41) is 0. The maximum absolute atomic E-state index is 12.8. The molecule has 0 saturated heterocycles. The summed E-state index contributed by atoms with van der Waals surface area (Å²) in [6, 6.07) is 1.95. The number of aryl methyl sites for hydroxylation is 1. The fourth-order valence-corrected chi connectivity index (χ4v) is 1.18. The monoisotopic (exact) mass is 222 g/mol. The molecule has 0 radical (unpaired) electrons. The fraction of sp³-hybridized carbons (Fsp3) is 0.333. The van der Waals surface area contributed by atoms with Gasteiger partial charge in [-0.2, -0.15) is 13.2 Å². The van der Waals surface area contributed by atoms with Gasteiger partial charge in [0, 0.05) is 6.42 Å². The van der Waals surface area contributed by atoms with Crippen LogP contribution in [0.2, 0.25) is 0 Å². The second-order valence-electron chi connectivity index (χ2n) is 3.18. The Hall–Kier alpha value is -1.46. The zero-order chi connectivity index (χ0) is 11.6. The SMILES string of the molecule is Nc1cc(F)cc(CCC(F)(F)F)c1N. The maximum atomic E-state index is 12.8. The minimum absolute atomic E-state index is 0.0145. The Morgan fingerprint density at radius 2 is 1.73 bits per heavy atom. The van der Waals surface area contributed by atoms with Crippen LogP contribution in [0.25, 0.3) is 0 Å². The van der Waals surface area contributed by atoms with E-state index in [0.717, 1.165) is 12.1 Å². The first-order chi connectivity index (χ1) is 6.79. The summed E-state index contributed by atoms with van der Waals surface area (Å²) in [5.74, 6) is -0.682. The second-order valence-corrected chi connectivity index (χ2v) is 3.18. The molecule has 1 aromatic rings. The number of rotatable bonds is 2. The number of nitrogen functional groups attached to an aromatic ring is 2. The molecule has 0 aromatic heterocycles. The van der Waals surface area contributed by atoms with Crippen LogP contribution in [-0.4, -0.2) is 6.18 Å². The van der Waals surface area contributed by atoms with Crippen LogP contribution in [0.4, 0.5) is 28.9 Å². The van der Waals surface area contributed by atoms with Gasteiger partial charge in [0.25, 0.3) is 0 Å². The Labute approximate surface area is 83.9 Å². The Morgan fingerprint density at radius 1 is 1.13 bits per heavy atom. The van der Waals surface area contributed by atoms with Gasteiger partial charge in [-0.25, -0.2) is 4.39 Å². The van der Waals surface area contributed by atoms with Gasteiger partial charge >= 0.3 is 6.18 Å². The van der Waals surface area contributed by atoms with E-state index in [1.165, 1.54) is 0 Å². The van der Waals surface area contributed by atoms with E-state index >= 15 is 0 Å². The van der Waals surface area contributed by atoms with E-state index in [1.807, 2.05) is 0 Å². The van der Waals surface area contributed by atoms with E-state index in [1.54, 1.807) is 0 Å². The minimum atomic E-state index is -4.28. The number of nitrogens with two attached hydrogens (primary N) is 2. The van der Waals surface area contributed by atoms with Crippen LogP contribution in [0.3, 0.4) is 0 Å². The Kier molecular flexibility index (Phi) is 3.06. The van der Waals surface area contributed by atoms with E-state index < -0.39 is 18.4 Å². The molecular formula is C9H10F4N2. The lowest BCUT2D eigenvalue weighted by atomic mass is 10.1. The molecule has 1 aromatic carbocycles. The van der Waals surface area contributed by atoms with E-state index in [0.29, 0.717) is 0 Å². The average Bonchev–Trinajstić information content (AvgIpc) is 2.07. The van der Waals surface area contributed by atoms with Crippen LogP contribution >= 0.6 is 0 Å². The molecular weight excluding hydrogens is 212 g/mol. The van der Waals surface area contributed by atoms with Crippen molar-refractivity contribution >= 4 is 11.4 Å². The highest BCUT2D eigenvalue weighted by Gasteiger charge is 2.27. The van der Waals surface area contributed by atoms with Crippen molar-refractivity contribution in [1.82, 2.24) is 0 Å². The molecule has 0 fully saturated rings. The summed E-state index contributed by atoms with van der Waals surface area (Å²) < 4.78 is 48.5. The number of halogens is 4. The van der Waals surface area contributed by atoms with Gasteiger partial charge in [-0.05, 0) is 24.1 Å². The summed E-state index contributed by atoms with van der Waals surface area (Å²) in [7, 11) is 0. The molecule has 0 heterocycles. The zero-order valence-electron chi connectivity index (χ0n) is 7.74. The van der Waals surface area contributed by atoms with Crippen molar-refractivity contribution < 1.29 is 17.6 Å². The van der Waals surface area contributed by atoms with Gasteiger partial charge in [0.2, 0.25) is 0 Å². The molecule has 1 rings (SSSR count). The summed E-state index contributed by atoms with van der Waals surface area (Å²) in [6.07, 6.45) is -5.69. The van der Waals surface area contributed by atoms with Crippen LogP contribution in [0, 0.1) is 5.82 Å². The summed E-state index contributed by atoms with van der Waals surface area (Å²) >= 11 is 0. The van der Waals surface area contributed by atoms with Gasteiger partial charge in [-0.3, -0.25) is 0 Å². The van der Waals surface area contributed by atoms with Crippen molar-refractivity contribution in [3.63, 3.8) is 0 Å². The molecule has 15 heavy (non-hydrogen) atoms. The average molecular weight is 222 g/mol. The standard InChI is InChI=1S/C9H10F4N2/c10-6-3-5(1-2-9(11,12)13)8(15)7(14)4-6/h3-4H,1-2,14-15H2. The van der Waals surface area contributed by atoms with Crippen LogP contribution in [0.15, 0.2) is 12.1 Å². The predicted molar refractivity (Wildman–Crippen MR) is 49.6 cm³/mol. The lowest BCUT2D eigenvalue weighted by Gasteiger charge is -2.10. The third kappa shape index (κ3) is 3.30. The van der Waals surface area contributed by atoms with Crippen LogP contribution in [-0.2, 0) is 6.42 Å². The van der Waals surface area contributed by atoms with E-state index in [2.05, 4.69) is 0 Å². The first-order valence-corrected chi connectivity index (χ1v) is 4.20. The van der Waals surface area contributed by atoms with Crippen LogP contribution in [0.5, 0.6) is 0 Å². The smallest absolute Gasteiger partial charge is 0.389 e. The first-order valence-electron chi connectivity index (χ1n) is 4.20. The zero-order valence-corrected chi connectivity index (χ0v) is 7.74. The summed E-state index contributed by atoms with van der Waals surface area (Å²) in [5.41, 5.74) is 10.8. The third-order valence-corrected chi connectivity index (χ3v) is 1.94. The summed E-state index contributed by atoms with van der Waals surface area (Å²) in [4.78, 5) is 0. The lowest BCUT2D eigenvalue weighted by Crippen LogP contribution is -2.10. The first kappa shape index (κ1) is 11.6. The van der Waals surface area contributed by atoms with Gasteiger partial charge in [-0.15, -0.1) is 0 Å². The number of hydrogen-bond acceptors (Lipinski definition) is 2. The van der Waals surface area contributed by atoms with Crippen molar-refractivity contribution in [3.8, 4) is 0 Å². The predicted octanol–water partition coefficient (Wildman–Crippen LogP) is 2.49. The molecule has 0 spiro atoms. The molecule has 84 valence electrons. The van der Waals surface area contributed by atoms with Gasteiger partial charge in [0.15, 0.2) is 0 Å². The van der Waals surface area contributed by atoms with Gasteiger partial charge in [0.1, 0.15) is 5.82 Å². The van der Waals surface area contributed by atoms with Crippen molar-refractivity contribution in [2.24, 2.45) is 0 Å². The van der Waals surface area contributed by atoms with E-state index in [4.69, 9.17) is 11.5 Å². The topological polar surface area (TPSA) is 52.0 Å². The van der Waals surface area contributed by atoms with Crippen molar-refractivity contribution in [1.29, 1.82) is 0 Å². The Balaban J connectivity index is 2.86. The Bertz CT molecular complexity index is 360. The number of alkyl halides is 3. The number of anilines is 2. The molecule has 0 aliphatic rings. The molecule has 0 unspecified atom stereocenters. The molecule has 4 N–H and O–H groups in total. The molecule has 0 atom stereocenters. The lowest BCUT2D eigenvalue weighted by molar-refractivity contribution is -0.133. The largest absolute Gasteiger partial charge is 0.397 e. The van der Waals surface area contributed by atoms with E-state index in [9.17, 15) is 17.6 Å². The molecule has 0 saturated carbocycles. The van der Waals surface area contributed by atoms with Crippen molar-refractivity contribution in [3.05, 3.63) is 23.5 Å². The molecule has 0 bridgehead atoms.